The predicted molar refractivity (Wildman–Crippen MR) is 63.1 cm³/mol. The van der Waals surface area contributed by atoms with Crippen LogP contribution in [-0.4, -0.2) is 37.5 Å². The van der Waals surface area contributed by atoms with E-state index in [0.717, 1.165) is 4.47 Å². The van der Waals surface area contributed by atoms with Crippen molar-refractivity contribution in [2.75, 3.05) is 20.7 Å². The molecule has 1 aromatic carbocycles. The number of hydrogen-bond acceptors (Lipinski definition) is 3. The first-order valence-electron chi connectivity index (χ1n) is 4.63. The Hall–Kier alpha value is -1.36. The first kappa shape index (κ1) is 12.7. The van der Waals surface area contributed by atoms with Crippen LogP contribution in [0.15, 0.2) is 28.7 Å². The monoisotopic (exact) mass is 285 g/mol. The van der Waals surface area contributed by atoms with Crippen molar-refractivity contribution >= 4 is 27.8 Å². The smallest absolute Gasteiger partial charge is 0.338 e. The fourth-order valence-corrected chi connectivity index (χ4v) is 1.19. The largest absolute Gasteiger partial charge is 0.452 e. The number of ether oxygens (including phenoxy) is 1. The maximum Gasteiger partial charge on any atom is 0.338 e. The highest BCUT2D eigenvalue weighted by Crippen LogP contribution is 2.11. The minimum absolute atomic E-state index is 0.234. The minimum Gasteiger partial charge on any atom is -0.452 e. The highest BCUT2D eigenvalue weighted by atomic mass is 79.9. The van der Waals surface area contributed by atoms with Gasteiger partial charge in [-0.3, -0.25) is 4.79 Å². The van der Waals surface area contributed by atoms with E-state index in [1.54, 1.807) is 38.4 Å². The van der Waals surface area contributed by atoms with Crippen molar-refractivity contribution in [2.24, 2.45) is 0 Å². The molecule has 0 spiro atoms. The molecule has 1 aromatic rings. The maximum absolute atomic E-state index is 11.5. The Balaban J connectivity index is 2.53. The first-order valence-corrected chi connectivity index (χ1v) is 5.43. The average Bonchev–Trinajstić information content (AvgIpc) is 2.26. The molecule has 0 heterocycles. The van der Waals surface area contributed by atoms with Gasteiger partial charge in [-0.05, 0) is 24.3 Å². The third kappa shape index (κ3) is 3.66. The quantitative estimate of drug-likeness (QED) is 0.794. The molecule has 1 rings (SSSR count). The van der Waals surface area contributed by atoms with Crippen molar-refractivity contribution in [3.63, 3.8) is 0 Å². The summed E-state index contributed by atoms with van der Waals surface area (Å²) in [6, 6.07) is 6.74. The number of carbonyl (C=O) groups excluding carboxylic acids is 2. The molecule has 0 N–H and O–H groups in total. The average molecular weight is 286 g/mol. The van der Waals surface area contributed by atoms with E-state index in [-0.39, 0.29) is 12.5 Å². The Morgan fingerprint density at radius 1 is 1.25 bits per heavy atom. The van der Waals surface area contributed by atoms with Crippen LogP contribution < -0.4 is 0 Å². The lowest BCUT2D eigenvalue weighted by molar-refractivity contribution is -0.131. The Morgan fingerprint density at radius 3 is 2.31 bits per heavy atom. The summed E-state index contributed by atoms with van der Waals surface area (Å²) in [6.07, 6.45) is 0. The maximum atomic E-state index is 11.5. The van der Waals surface area contributed by atoms with Crippen molar-refractivity contribution < 1.29 is 14.3 Å². The number of carbonyl (C=O) groups is 2. The number of halogens is 1. The molecule has 4 nitrogen and oxygen atoms in total. The molecule has 5 heteroatoms. The SMILES string of the molecule is CN(C)C(=O)COC(=O)c1ccc(Br)cc1. The summed E-state index contributed by atoms with van der Waals surface area (Å²) in [5, 5.41) is 0. The summed E-state index contributed by atoms with van der Waals surface area (Å²) in [7, 11) is 3.21. The fraction of sp³-hybridized carbons (Fsp3) is 0.273. The molecule has 86 valence electrons. The lowest BCUT2D eigenvalue weighted by atomic mass is 10.2. The van der Waals surface area contributed by atoms with E-state index in [0.29, 0.717) is 5.56 Å². The molecule has 0 aliphatic rings. The van der Waals surface area contributed by atoms with Crippen LogP contribution in [0.5, 0.6) is 0 Å². The molecular weight excluding hydrogens is 274 g/mol. The van der Waals surface area contributed by atoms with E-state index < -0.39 is 5.97 Å². The number of benzene rings is 1. The number of rotatable bonds is 3. The van der Waals surface area contributed by atoms with Gasteiger partial charge in [-0.15, -0.1) is 0 Å². The zero-order valence-electron chi connectivity index (χ0n) is 9.07. The zero-order chi connectivity index (χ0) is 12.1. The van der Waals surface area contributed by atoms with Crippen LogP contribution in [0, 0.1) is 0 Å². The summed E-state index contributed by atoms with van der Waals surface area (Å²) >= 11 is 3.26. The van der Waals surface area contributed by atoms with E-state index in [2.05, 4.69) is 15.9 Å². The van der Waals surface area contributed by atoms with Gasteiger partial charge in [-0.2, -0.15) is 0 Å². The van der Waals surface area contributed by atoms with Crippen LogP contribution in [0.3, 0.4) is 0 Å². The highest BCUT2D eigenvalue weighted by Gasteiger charge is 2.10. The van der Waals surface area contributed by atoms with Crippen molar-refractivity contribution in [3.05, 3.63) is 34.3 Å². The van der Waals surface area contributed by atoms with Gasteiger partial charge in [0.15, 0.2) is 6.61 Å². The van der Waals surface area contributed by atoms with Crippen LogP contribution in [0.25, 0.3) is 0 Å². The summed E-state index contributed by atoms with van der Waals surface area (Å²) < 4.78 is 5.73. The van der Waals surface area contributed by atoms with E-state index in [9.17, 15) is 9.59 Å². The van der Waals surface area contributed by atoms with E-state index >= 15 is 0 Å². The third-order valence-corrected chi connectivity index (χ3v) is 2.43. The number of amides is 1. The summed E-state index contributed by atoms with van der Waals surface area (Å²) in [4.78, 5) is 24.0. The number of nitrogens with zero attached hydrogens (tertiary/aromatic N) is 1. The second kappa shape index (κ2) is 5.65. The molecule has 0 atom stereocenters. The van der Waals surface area contributed by atoms with Gasteiger partial charge in [0.25, 0.3) is 5.91 Å². The highest BCUT2D eigenvalue weighted by molar-refractivity contribution is 9.10. The summed E-state index contributed by atoms with van der Waals surface area (Å²) in [5.41, 5.74) is 0.426. The topological polar surface area (TPSA) is 46.6 Å². The molecule has 1 amide bonds. The van der Waals surface area contributed by atoms with Gasteiger partial charge < -0.3 is 9.64 Å². The molecule has 0 aliphatic heterocycles. The van der Waals surface area contributed by atoms with Crippen LogP contribution in [0.2, 0.25) is 0 Å². The van der Waals surface area contributed by atoms with E-state index in [1.165, 1.54) is 4.90 Å². The van der Waals surface area contributed by atoms with Gasteiger partial charge >= 0.3 is 5.97 Å². The number of esters is 1. The molecule has 0 saturated carbocycles. The summed E-state index contributed by atoms with van der Waals surface area (Å²) in [5.74, 6) is -0.742. The minimum atomic E-state index is -0.498. The van der Waals surface area contributed by atoms with Crippen molar-refractivity contribution in [1.82, 2.24) is 4.90 Å². The molecular formula is C11H12BrNO3. The predicted octanol–water partition coefficient (Wildman–Crippen LogP) is 1.69. The van der Waals surface area contributed by atoms with Gasteiger partial charge in [0.05, 0.1) is 5.56 Å². The van der Waals surface area contributed by atoms with Crippen molar-refractivity contribution in [2.45, 2.75) is 0 Å². The Labute approximate surface area is 102 Å². The Bertz CT molecular complexity index is 387. The Kier molecular flexibility index (Phi) is 4.49. The molecule has 0 aromatic heterocycles. The fourth-order valence-electron chi connectivity index (χ4n) is 0.926. The van der Waals surface area contributed by atoms with Gasteiger partial charge in [0.1, 0.15) is 0 Å². The number of likely N-dealkylation sites (N-methyl/N-ethyl adjacent to an activating group) is 1. The molecule has 16 heavy (non-hydrogen) atoms. The molecule has 0 radical (unpaired) electrons. The Morgan fingerprint density at radius 2 is 1.81 bits per heavy atom. The first-order chi connectivity index (χ1) is 7.50. The molecule has 0 bridgehead atoms. The van der Waals surface area contributed by atoms with Gasteiger partial charge in [-0.25, -0.2) is 4.79 Å². The third-order valence-electron chi connectivity index (χ3n) is 1.91. The lowest BCUT2D eigenvalue weighted by Crippen LogP contribution is -2.27. The van der Waals surface area contributed by atoms with Gasteiger partial charge in [0, 0.05) is 18.6 Å². The zero-order valence-corrected chi connectivity index (χ0v) is 10.7. The van der Waals surface area contributed by atoms with Crippen LogP contribution >= 0.6 is 15.9 Å². The van der Waals surface area contributed by atoms with Crippen molar-refractivity contribution in [3.8, 4) is 0 Å². The molecule has 0 aliphatic carbocycles. The lowest BCUT2D eigenvalue weighted by Gasteiger charge is -2.10. The van der Waals surface area contributed by atoms with E-state index in [4.69, 9.17) is 4.74 Å². The van der Waals surface area contributed by atoms with Crippen molar-refractivity contribution in [1.29, 1.82) is 0 Å². The molecule has 0 saturated heterocycles. The second-order valence-electron chi connectivity index (χ2n) is 3.37. The van der Waals surface area contributed by atoms with Crippen LogP contribution in [0.1, 0.15) is 10.4 Å². The van der Waals surface area contributed by atoms with Crippen LogP contribution in [-0.2, 0) is 9.53 Å². The van der Waals surface area contributed by atoms with E-state index in [1.807, 2.05) is 0 Å². The molecule has 0 fully saturated rings. The van der Waals surface area contributed by atoms with Crippen LogP contribution in [0.4, 0.5) is 0 Å². The summed E-state index contributed by atoms with van der Waals surface area (Å²) in [6.45, 7) is -0.234. The standard InChI is InChI=1S/C11H12BrNO3/c1-13(2)10(14)7-16-11(15)8-3-5-9(12)6-4-8/h3-6H,7H2,1-2H3. The van der Waals surface area contributed by atoms with Gasteiger partial charge in [0.2, 0.25) is 0 Å². The number of hydrogen-bond donors (Lipinski definition) is 0. The molecule has 0 unspecified atom stereocenters. The normalized spacial score (nSPS) is 9.69. The van der Waals surface area contributed by atoms with Gasteiger partial charge in [-0.1, -0.05) is 15.9 Å². The second-order valence-corrected chi connectivity index (χ2v) is 4.29.